The van der Waals surface area contributed by atoms with Crippen LogP contribution in [0, 0.1) is 5.82 Å². The van der Waals surface area contributed by atoms with E-state index in [9.17, 15) is 9.18 Å². The number of esters is 1. The summed E-state index contributed by atoms with van der Waals surface area (Å²) in [6.45, 7) is 4.64. The van der Waals surface area contributed by atoms with Gasteiger partial charge >= 0.3 is 5.97 Å². The quantitative estimate of drug-likeness (QED) is 0.859. The highest BCUT2D eigenvalue weighted by Gasteiger charge is 2.43. The zero-order chi connectivity index (χ0) is 14.8. The molecule has 1 fully saturated rings. The van der Waals surface area contributed by atoms with E-state index in [0.717, 1.165) is 18.4 Å². The van der Waals surface area contributed by atoms with Crippen molar-refractivity contribution in [3.8, 4) is 0 Å². The lowest BCUT2D eigenvalue weighted by atomic mass is 10.0. The summed E-state index contributed by atoms with van der Waals surface area (Å²) in [7, 11) is 1.40. The summed E-state index contributed by atoms with van der Waals surface area (Å²) in [6.07, 6.45) is 1.67. The van der Waals surface area contributed by atoms with Gasteiger partial charge in [-0.1, -0.05) is 12.1 Å². The molecule has 0 amide bonds. The van der Waals surface area contributed by atoms with Crippen molar-refractivity contribution in [3.63, 3.8) is 0 Å². The molecule has 0 saturated carbocycles. The van der Waals surface area contributed by atoms with Gasteiger partial charge in [-0.25, -0.2) is 14.8 Å². The zero-order valence-electron chi connectivity index (χ0n) is 12.1. The number of nitrogens with one attached hydrogen (secondary N) is 1. The highest BCUT2D eigenvalue weighted by Crippen LogP contribution is 2.32. The van der Waals surface area contributed by atoms with Crippen LogP contribution in [0.5, 0.6) is 0 Å². The van der Waals surface area contributed by atoms with Crippen molar-refractivity contribution in [2.45, 2.75) is 44.8 Å². The molecule has 1 N–H and O–H groups in total. The van der Waals surface area contributed by atoms with Crippen molar-refractivity contribution in [1.29, 1.82) is 0 Å². The van der Waals surface area contributed by atoms with Crippen molar-refractivity contribution in [2.24, 2.45) is 0 Å². The number of hydrazine groups is 1. The van der Waals surface area contributed by atoms with Crippen LogP contribution in [-0.4, -0.2) is 29.7 Å². The van der Waals surface area contributed by atoms with E-state index in [0.29, 0.717) is 6.54 Å². The van der Waals surface area contributed by atoms with Crippen LogP contribution in [0.25, 0.3) is 0 Å². The predicted octanol–water partition coefficient (Wildman–Crippen LogP) is 2.25. The molecule has 1 aromatic carbocycles. The third kappa shape index (κ3) is 3.16. The first-order valence-electron chi connectivity index (χ1n) is 6.79. The first-order chi connectivity index (χ1) is 9.44. The molecule has 5 heteroatoms. The summed E-state index contributed by atoms with van der Waals surface area (Å²) >= 11 is 0. The van der Waals surface area contributed by atoms with Gasteiger partial charge in [-0.2, -0.15) is 0 Å². The Bertz CT molecular complexity index is 491. The molecule has 1 aliphatic rings. The van der Waals surface area contributed by atoms with Crippen LogP contribution in [0.3, 0.4) is 0 Å². The minimum absolute atomic E-state index is 0.133. The fourth-order valence-corrected chi connectivity index (χ4v) is 2.67. The van der Waals surface area contributed by atoms with Gasteiger partial charge in [-0.05, 0) is 44.4 Å². The molecule has 110 valence electrons. The van der Waals surface area contributed by atoms with Crippen LogP contribution >= 0.6 is 0 Å². The lowest BCUT2D eigenvalue weighted by Crippen LogP contribution is -2.54. The van der Waals surface area contributed by atoms with Crippen molar-refractivity contribution in [2.75, 3.05) is 7.11 Å². The Kier molecular flexibility index (Phi) is 4.40. The Morgan fingerprint density at radius 2 is 2.30 bits per heavy atom. The molecule has 4 nitrogen and oxygen atoms in total. The molecular formula is C15H21FN2O2. The minimum atomic E-state index is -0.288. The average Bonchev–Trinajstić information content (AvgIpc) is 2.71. The molecule has 1 aliphatic heterocycles. The third-order valence-corrected chi connectivity index (χ3v) is 3.81. The fourth-order valence-electron chi connectivity index (χ4n) is 2.67. The molecule has 0 spiro atoms. The minimum Gasteiger partial charge on any atom is -0.468 e. The van der Waals surface area contributed by atoms with Gasteiger partial charge in [0.2, 0.25) is 0 Å². The van der Waals surface area contributed by atoms with E-state index in [2.05, 4.69) is 19.3 Å². The van der Waals surface area contributed by atoms with E-state index >= 15 is 0 Å². The van der Waals surface area contributed by atoms with E-state index in [1.54, 1.807) is 6.07 Å². The van der Waals surface area contributed by atoms with Gasteiger partial charge in [0, 0.05) is 12.1 Å². The van der Waals surface area contributed by atoms with Gasteiger partial charge in [0.25, 0.3) is 0 Å². The Morgan fingerprint density at radius 1 is 1.55 bits per heavy atom. The Morgan fingerprint density at radius 3 is 2.95 bits per heavy atom. The second-order valence-electron chi connectivity index (χ2n) is 5.72. The largest absolute Gasteiger partial charge is 0.468 e. The molecule has 1 aromatic rings. The maximum absolute atomic E-state index is 13.2. The van der Waals surface area contributed by atoms with Gasteiger partial charge in [-0.15, -0.1) is 0 Å². The van der Waals surface area contributed by atoms with Crippen LogP contribution in [0.15, 0.2) is 24.3 Å². The van der Waals surface area contributed by atoms with Crippen LogP contribution < -0.4 is 5.43 Å². The molecule has 0 aliphatic carbocycles. The first kappa shape index (κ1) is 14.9. The van der Waals surface area contributed by atoms with Crippen LogP contribution in [0.4, 0.5) is 4.39 Å². The molecule has 2 rings (SSSR count). The Balaban J connectivity index is 2.06. The summed E-state index contributed by atoms with van der Waals surface area (Å²) in [5.41, 5.74) is 3.96. The van der Waals surface area contributed by atoms with Gasteiger partial charge < -0.3 is 4.74 Å². The van der Waals surface area contributed by atoms with E-state index in [1.807, 2.05) is 11.1 Å². The lowest BCUT2D eigenvalue weighted by molar-refractivity contribution is -0.148. The number of carbonyl (C=O) groups excluding carboxylic acids is 1. The van der Waals surface area contributed by atoms with E-state index in [4.69, 9.17) is 4.74 Å². The fraction of sp³-hybridized carbons (Fsp3) is 0.533. The van der Waals surface area contributed by atoms with Crippen LogP contribution in [-0.2, 0) is 16.1 Å². The molecule has 0 radical (unpaired) electrons. The van der Waals surface area contributed by atoms with E-state index < -0.39 is 0 Å². The number of hydrogen-bond donors (Lipinski definition) is 1. The number of ether oxygens (including phenoxy) is 1. The summed E-state index contributed by atoms with van der Waals surface area (Å²) < 4.78 is 18.0. The highest BCUT2D eigenvalue weighted by atomic mass is 19.1. The number of carbonyl (C=O) groups is 1. The number of hydrogen-bond acceptors (Lipinski definition) is 4. The molecule has 1 saturated heterocycles. The molecule has 0 bridgehead atoms. The molecule has 20 heavy (non-hydrogen) atoms. The molecule has 0 unspecified atom stereocenters. The van der Waals surface area contributed by atoms with Gasteiger partial charge in [0.05, 0.1) is 7.11 Å². The second kappa shape index (κ2) is 5.89. The van der Waals surface area contributed by atoms with Gasteiger partial charge in [0.1, 0.15) is 11.9 Å². The van der Waals surface area contributed by atoms with Crippen molar-refractivity contribution in [1.82, 2.24) is 10.4 Å². The van der Waals surface area contributed by atoms with Crippen LogP contribution in [0.2, 0.25) is 0 Å². The molecule has 1 heterocycles. The molecule has 0 aromatic heterocycles. The van der Waals surface area contributed by atoms with Crippen LogP contribution in [0.1, 0.15) is 32.3 Å². The first-order valence-corrected chi connectivity index (χ1v) is 6.79. The predicted molar refractivity (Wildman–Crippen MR) is 74.2 cm³/mol. The summed E-state index contributed by atoms with van der Waals surface area (Å²) in [4.78, 5) is 11.8. The molecular weight excluding hydrogens is 259 g/mol. The van der Waals surface area contributed by atoms with Crippen molar-refractivity contribution >= 4 is 5.97 Å². The SMILES string of the molecule is COC(=O)[C@@H]1CCC(C)(C)N1NCc1cccc(F)c1. The number of rotatable bonds is 4. The highest BCUT2D eigenvalue weighted by molar-refractivity contribution is 5.76. The third-order valence-electron chi connectivity index (χ3n) is 3.81. The maximum Gasteiger partial charge on any atom is 0.324 e. The van der Waals surface area contributed by atoms with E-state index in [1.165, 1.54) is 19.2 Å². The second-order valence-corrected chi connectivity index (χ2v) is 5.72. The smallest absolute Gasteiger partial charge is 0.324 e. The number of halogens is 1. The van der Waals surface area contributed by atoms with Crippen molar-refractivity contribution < 1.29 is 13.9 Å². The topological polar surface area (TPSA) is 41.6 Å². The van der Waals surface area contributed by atoms with E-state index in [-0.39, 0.29) is 23.4 Å². The molecule has 1 atom stereocenters. The maximum atomic E-state index is 13.2. The number of nitrogens with zero attached hydrogens (tertiary/aromatic N) is 1. The van der Waals surface area contributed by atoms with Gasteiger partial charge in [0.15, 0.2) is 0 Å². The summed E-state index contributed by atoms with van der Waals surface area (Å²) in [6, 6.07) is 6.15. The summed E-state index contributed by atoms with van der Waals surface area (Å²) in [5.74, 6) is -0.489. The average molecular weight is 280 g/mol. The Labute approximate surface area is 118 Å². The normalized spacial score (nSPS) is 21.9. The van der Waals surface area contributed by atoms with Crippen molar-refractivity contribution in [3.05, 3.63) is 35.6 Å². The zero-order valence-corrected chi connectivity index (χ0v) is 12.1. The standard InChI is InChI=1S/C15H21FN2O2/c1-15(2)8-7-13(14(19)20-3)18(15)17-10-11-5-4-6-12(16)9-11/h4-6,9,13,17H,7-8,10H2,1-3H3/t13-/m0/s1. The lowest BCUT2D eigenvalue weighted by Gasteiger charge is -2.35. The number of methoxy groups -OCH3 is 1. The number of benzene rings is 1. The monoisotopic (exact) mass is 280 g/mol. The van der Waals surface area contributed by atoms with Gasteiger partial charge in [-0.3, -0.25) is 4.79 Å². The summed E-state index contributed by atoms with van der Waals surface area (Å²) in [5, 5.41) is 1.93. The Hall–Kier alpha value is -1.46.